The van der Waals surface area contributed by atoms with Crippen LogP contribution in [0.2, 0.25) is 0 Å². The molecule has 0 aromatic heterocycles. The zero-order valence-electron chi connectivity index (χ0n) is 11.9. The molecule has 0 saturated carbocycles. The highest BCUT2D eigenvalue weighted by Gasteiger charge is 2.19. The van der Waals surface area contributed by atoms with E-state index in [0.717, 1.165) is 17.2 Å². The Morgan fingerprint density at radius 2 is 1.77 bits per heavy atom. The smallest absolute Gasteiger partial charge is 0.330 e. The molecule has 0 fully saturated rings. The summed E-state index contributed by atoms with van der Waals surface area (Å²) in [5.41, 5.74) is 2.22. The van der Waals surface area contributed by atoms with Crippen LogP contribution in [0, 0.1) is 0 Å². The summed E-state index contributed by atoms with van der Waals surface area (Å²) in [6, 6.07) is 16.6. The predicted octanol–water partition coefficient (Wildman–Crippen LogP) is 2.63. The summed E-state index contributed by atoms with van der Waals surface area (Å²) in [5.74, 6) is -1.17. The number of hydrogen-bond donors (Lipinski definition) is 1. The van der Waals surface area contributed by atoms with Crippen molar-refractivity contribution in [2.24, 2.45) is 0 Å². The van der Waals surface area contributed by atoms with Gasteiger partial charge in [0.05, 0.1) is 0 Å². The topological polar surface area (TPSA) is 63.6 Å². The number of hydrogen-bond acceptors (Lipinski definition) is 4. The van der Waals surface area contributed by atoms with Crippen LogP contribution in [0.4, 0.5) is 0 Å². The molecule has 1 atom stereocenters. The van der Waals surface area contributed by atoms with E-state index in [2.05, 4.69) is 11.3 Å². The maximum Gasteiger partial charge on any atom is 0.330 e. The van der Waals surface area contributed by atoms with Gasteiger partial charge in [0.1, 0.15) is 6.61 Å². The van der Waals surface area contributed by atoms with Crippen molar-refractivity contribution < 1.29 is 19.4 Å². The second kappa shape index (κ2) is 7.33. The maximum atomic E-state index is 12.2. The molecule has 0 amide bonds. The summed E-state index contributed by atoms with van der Waals surface area (Å²) in [7, 11) is 0. The molecule has 0 radical (unpaired) electrons. The van der Waals surface area contributed by atoms with Gasteiger partial charge in [-0.3, -0.25) is 4.79 Å². The van der Waals surface area contributed by atoms with Crippen LogP contribution >= 0.6 is 0 Å². The highest BCUT2D eigenvalue weighted by atomic mass is 16.5. The fraction of sp³-hybridized carbons (Fsp3) is 0.111. The molecular formula is C18H16O4. The van der Waals surface area contributed by atoms with Crippen LogP contribution in [0.1, 0.15) is 10.4 Å². The third-order valence-electron chi connectivity index (χ3n) is 3.11. The zero-order valence-corrected chi connectivity index (χ0v) is 11.9. The maximum absolute atomic E-state index is 12.2. The van der Waals surface area contributed by atoms with Crippen molar-refractivity contribution in [1.29, 1.82) is 0 Å². The Bertz CT molecular complexity index is 676. The molecule has 1 unspecified atom stereocenters. The third kappa shape index (κ3) is 3.90. The number of aliphatic hydroxyl groups excluding tert-OH is 1. The van der Waals surface area contributed by atoms with Crippen LogP contribution in [0.3, 0.4) is 0 Å². The quantitative estimate of drug-likeness (QED) is 0.505. The summed E-state index contributed by atoms with van der Waals surface area (Å²) < 4.78 is 4.68. The lowest BCUT2D eigenvalue weighted by molar-refractivity contribution is -0.139. The van der Waals surface area contributed by atoms with Crippen LogP contribution in [0.25, 0.3) is 11.1 Å². The van der Waals surface area contributed by atoms with Gasteiger partial charge >= 0.3 is 5.97 Å². The first-order chi connectivity index (χ1) is 10.6. The summed E-state index contributed by atoms with van der Waals surface area (Å²) in [6.07, 6.45) is -0.414. The van der Waals surface area contributed by atoms with Crippen molar-refractivity contribution in [2.75, 3.05) is 6.61 Å². The first-order valence-electron chi connectivity index (χ1n) is 6.79. The van der Waals surface area contributed by atoms with Gasteiger partial charge in [0.15, 0.2) is 11.9 Å². The number of carbonyl (C=O) groups is 2. The van der Waals surface area contributed by atoms with Crippen molar-refractivity contribution >= 4 is 11.8 Å². The number of rotatable bonds is 6. The molecule has 0 aliphatic carbocycles. The van der Waals surface area contributed by atoms with E-state index in [1.54, 1.807) is 18.2 Å². The van der Waals surface area contributed by atoms with Crippen LogP contribution < -0.4 is 0 Å². The second-order valence-electron chi connectivity index (χ2n) is 4.66. The molecule has 0 saturated heterocycles. The van der Waals surface area contributed by atoms with Gasteiger partial charge in [-0.05, 0) is 17.2 Å². The van der Waals surface area contributed by atoms with E-state index in [-0.39, 0.29) is 6.61 Å². The van der Waals surface area contributed by atoms with E-state index in [9.17, 15) is 14.7 Å². The van der Waals surface area contributed by atoms with E-state index in [4.69, 9.17) is 0 Å². The van der Waals surface area contributed by atoms with Gasteiger partial charge in [0, 0.05) is 11.6 Å². The van der Waals surface area contributed by atoms with E-state index in [1.807, 2.05) is 36.4 Å². The fourth-order valence-electron chi connectivity index (χ4n) is 1.97. The van der Waals surface area contributed by atoms with Crippen LogP contribution in [0.5, 0.6) is 0 Å². The molecular weight excluding hydrogens is 280 g/mol. The molecule has 112 valence electrons. The van der Waals surface area contributed by atoms with E-state index in [0.29, 0.717) is 5.56 Å². The lowest BCUT2D eigenvalue weighted by Gasteiger charge is -2.10. The van der Waals surface area contributed by atoms with Crippen molar-refractivity contribution in [3.05, 3.63) is 72.8 Å². The van der Waals surface area contributed by atoms with Gasteiger partial charge in [-0.15, -0.1) is 0 Å². The van der Waals surface area contributed by atoms with Crippen molar-refractivity contribution in [2.45, 2.75) is 6.10 Å². The van der Waals surface area contributed by atoms with Crippen LogP contribution in [-0.2, 0) is 9.53 Å². The molecule has 4 nitrogen and oxygen atoms in total. The number of ether oxygens (including phenoxy) is 1. The van der Waals surface area contributed by atoms with Crippen molar-refractivity contribution in [1.82, 2.24) is 0 Å². The monoisotopic (exact) mass is 296 g/mol. The minimum Gasteiger partial charge on any atom is -0.459 e. The standard InChI is InChI=1S/C18H16O4/c1-2-17(20)22-12-16(19)18(21)15-10-6-9-14(11-15)13-7-4-3-5-8-13/h2-11,16,19H,1,12H2. The van der Waals surface area contributed by atoms with E-state index in [1.165, 1.54) is 0 Å². The van der Waals surface area contributed by atoms with Gasteiger partial charge in [-0.25, -0.2) is 4.79 Å². The number of benzene rings is 2. The summed E-state index contributed by atoms with van der Waals surface area (Å²) in [5, 5.41) is 9.82. The first-order valence-corrected chi connectivity index (χ1v) is 6.79. The largest absolute Gasteiger partial charge is 0.459 e. The Kier molecular flexibility index (Phi) is 5.22. The summed E-state index contributed by atoms with van der Waals surface area (Å²) in [4.78, 5) is 23.1. The average molecular weight is 296 g/mol. The van der Waals surface area contributed by atoms with Crippen LogP contribution in [0.15, 0.2) is 67.3 Å². The Balaban J connectivity index is 2.13. The van der Waals surface area contributed by atoms with Crippen molar-refractivity contribution in [3.63, 3.8) is 0 Å². The van der Waals surface area contributed by atoms with E-state index < -0.39 is 17.9 Å². The molecule has 2 rings (SSSR count). The fourth-order valence-corrected chi connectivity index (χ4v) is 1.97. The molecule has 0 aliphatic rings. The summed E-state index contributed by atoms with van der Waals surface area (Å²) in [6.45, 7) is 2.86. The second-order valence-corrected chi connectivity index (χ2v) is 4.66. The highest BCUT2D eigenvalue weighted by molar-refractivity contribution is 6.00. The molecule has 2 aromatic carbocycles. The zero-order chi connectivity index (χ0) is 15.9. The van der Waals surface area contributed by atoms with Crippen LogP contribution in [-0.4, -0.2) is 29.6 Å². The average Bonchev–Trinajstić information content (AvgIpc) is 2.59. The molecule has 0 spiro atoms. The van der Waals surface area contributed by atoms with Crippen molar-refractivity contribution in [3.8, 4) is 11.1 Å². The molecule has 0 heterocycles. The molecule has 4 heteroatoms. The molecule has 0 bridgehead atoms. The third-order valence-corrected chi connectivity index (χ3v) is 3.11. The number of carbonyl (C=O) groups excluding carboxylic acids is 2. The van der Waals surface area contributed by atoms with E-state index >= 15 is 0 Å². The van der Waals surface area contributed by atoms with Gasteiger partial charge in [-0.1, -0.05) is 55.1 Å². The lowest BCUT2D eigenvalue weighted by Crippen LogP contribution is -2.27. The molecule has 0 aliphatic heterocycles. The predicted molar refractivity (Wildman–Crippen MR) is 83.4 cm³/mol. The highest BCUT2D eigenvalue weighted by Crippen LogP contribution is 2.20. The molecule has 2 aromatic rings. The minimum absolute atomic E-state index is 0.364. The normalized spacial score (nSPS) is 11.5. The first kappa shape index (κ1) is 15.7. The van der Waals surface area contributed by atoms with Gasteiger partial charge in [-0.2, -0.15) is 0 Å². The van der Waals surface area contributed by atoms with Gasteiger partial charge in [0.25, 0.3) is 0 Å². The summed E-state index contributed by atoms with van der Waals surface area (Å²) >= 11 is 0. The number of ketones is 1. The molecule has 22 heavy (non-hydrogen) atoms. The van der Waals surface area contributed by atoms with Gasteiger partial charge in [0.2, 0.25) is 0 Å². The lowest BCUT2D eigenvalue weighted by atomic mass is 9.99. The van der Waals surface area contributed by atoms with Gasteiger partial charge < -0.3 is 9.84 Å². The SMILES string of the molecule is C=CC(=O)OCC(O)C(=O)c1cccc(-c2ccccc2)c1. The number of esters is 1. The number of aliphatic hydroxyl groups is 1. The Labute approximate surface area is 128 Å². The Morgan fingerprint density at radius 3 is 2.45 bits per heavy atom. The molecule has 1 N–H and O–H groups in total. The number of Topliss-reactive ketones (excluding diaryl/α,β-unsaturated/α-hetero) is 1. The Hall–Kier alpha value is -2.72. The minimum atomic E-state index is -1.39. The Morgan fingerprint density at radius 1 is 1.09 bits per heavy atom.